The van der Waals surface area contributed by atoms with Gasteiger partial charge in [0, 0.05) is 27.9 Å². The number of anilines is 1. The number of alkyl carbamates (subject to hydrolysis) is 1. The average molecular weight is 439 g/mol. The van der Waals surface area contributed by atoms with Crippen LogP contribution in [0.5, 0.6) is 5.75 Å². The van der Waals surface area contributed by atoms with Crippen molar-refractivity contribution in [3.8, 4) is 17.1 Å². The monoisotopic (exact) mass is 438 g/mol. The molecule has 4 rings (SSSR count). The Morgan fingerprint density at radius 3 is 2.94 bits per heavy atom. The number of aromatic hydroxyl groups is 1. The topological polar surface area (TPSA) is 87.6 Å². The van der Waals surface area contributed by atoms with Crippen LogP contribution in [0.25, 0.3) is 22.3 Å². The summed E-state index contributed by atoms with van der Waals surface area (Å²) in [7, 11) is 0. The smallest absolute Gasteiger partial charge is 0.407 e. The highest BCUT2D eigenvalue weighted by Crippen LogP contribution is 2.33. The number of aromatic nitrogens is 2. The Hall–Kier alpha value is -3.35. The molecule has 2 heterocycles. The van der Waals surface area contributed by atoms with E-state index >= 15 is 0 Å². The number of benzene rings is 2. The maximum atomic E-state index is 11.8. The molecule has 7 nitrogen and oxygen atoms in total. The highest BCUT2D eigenvalue weighted by Gasteiger charge is 2.24. The van der Waals surface area contributed by atoms with E-state index in [9.17, 15) is 9.90 Å². The minimum absolute atomic E-state index is 0. The van der Waals surface area contributed by atoms with Crippen molar-refractivity contribution >= 4 is 22.8 Å². The number of hydrogen-bond acceptors (Lipinski definition) is 6. The molecule has 1 fully saturated rings. The molecule has 0 bridgehead atoms. The van der Waals surface area contributed by atoms with Crippen LogP contribution in [0.15, 0.2) is 42.5 Å². The normalized spacial score (nSPS) is 16.2. The van der Waals surface area contributed by atoms with E-state index in [4.69, 9.17) is 14.7 Å². The number of phenols is 1. The number of ether oxygens (including phenoxy) is 1. The Balaban J connectivity index is 0.00000204. The third-order valence-electron chi connectivity index (χ3n) is 5.77. The van der Waals surface area contributed by atoms with E-state index in [-0.39, 0.29) is 14.7 Å². The van der Waals surface area contributed by atoms with Crippen LogP contribution in [0.1, 0.15) is 34.6 Å². The maximum absolute atomic E-state index is 11.8. The van der Waals surface area contributed by atoms with Crippen molar-refractivity contribution in [1.82, 2.24) is 15.3 Å². The number of hydrogen-bond donors (Lipinski definition) is 2. The number of fused-ring (bicyclic) bond motifs is 1. The van der Waals surface area contributed by atoms with Gasteiger partial charge < -0.3 is 20.1 Å². The molecule has 0 radical (unpaired) electrons. The molecule has 7 heteroatoms. The first-order valence-corrected chi connectivity index (χ1v) is 11.3. The van der Waals surface area contributed by atoms with Crippen molar-refractivity contribution in [2.75, 3.05) is 31.1 Å². The highest BCUT2D eigenvalue weighted by molar-refractivity contribution is 5.92. The van der Waals surface area contributed by atoms with Crippen molar-refractivity contribution in [3.63, 3.8) is 0 Å². The summed E-state index contributed by atoms with van der Waals surface area (Å²) in [4.78, 5) is 23.8. The fraction of sp³-hybridized carbons (Fsp3) is 0.400. The van der Waals surface area contributed by atoms with E-state index in [1.165, 1.54) is 0 Å². The van der Waals surface area contributed by atoms with Gasteiger partial charge in [0.2, 0.25) is 0 Å². The number of carbonyl (C=O) groups is 1. The second-order valence-corrected chi connectivity index (χ2v) is 8.38. The average Bonchev–Trinajstić information content (AvgIpc) is 2.81. The molecule has 1 aliphatic heterocycles. The number of rotatable bonds is 6. The number of carbonyl (C=O) groups excluding carboxylic acids is 1. The fourth-order valence-corrected chi connectivity index (χ4v) is 4.14. The van der Waals surface area contributed by atoms with Crippen molar-refractivity contribution in [3.05, 3.63) is 48.0 Å². The number of aryl methyl sites for hydroxylation is 1. The lowest BCUT2D eigenvalue weighted by atomic mass is 9.97. The molecule has 3 aromatic rings. The zero-order chi connectivity index (χ0) is 22.5. The number of amides is 1. The minimum atomic E-state index is -0.353. The Kier molecular flexibility index (Phi) is 6.73. The first-order chi connectivity index (χ1) is 15.5. The summed E-state index contributed by atoms with van der Waals surface area (Å²) in [6, 6.07) is 13.3. The van der Waals surface area contributed by atoms with Gasteiger partial charge in [0.1, 0.15) is 11.6 Å². The molecular formula is C25H34N4O3. The lowest BCUT2D eigenvalue weighted by Crippen LogP contribution is -2.41. The summed E-state index contributed by atoms with van der Waals surface area (Å²) in [5.74, 6) is 1.85. The number of phenolic OH excluding ortho intramolecular Hbond substituents is 1. The van der Waals surface area contributed by atoms with Crippen LogP contribution in [-0.2, 0) is 4.74 Å². The number of para-hydroxylation sites is 1. The molecule has 0 aliphatic carbocycles. The molecule has 1 saturated heterocycles. The third-order valence-corrected chi connectivity index (χ3v) is 5.77. The largest absolute Gasteiger partial charge is 0.507 e. The van der Waals surface area contributed by atoms with Crippen LogP contribution in [0.2, 0.25) is 0 Å². The van der Waals surface area contributed by atoms with E-state index in [2.05, 4.69) is 28.4 Å². The van der Waals surface area contributed by atoms with Crippen LogP contribution in [0, 0.1) is 12.8 Å². The Morgan fingerprint density at radius 2 is 2.12 bits per heavy atom. The molecule has 0 saturated carbocycles. The Labute approximate surface area is 191 Å². The SMILES string of the molecule is CCCOC(=O)NC[C@@H]1CCCN(c2nc(-c3ccccc3O)nc3cc(C)ccc23)C1.[HH].[HH]. The van der Waals surface area contributed by atoms with Crippen molar-refractivity contribution in [2.45, 2.75) is 33.1 Å². The predicted molar refractivity (Wildman–Crippen MR) is 130 cm³/mol. The van der Waals surface area contributed by atoms with E-state index < -0.39 is 0 Å². The molecule has 172 valence electrons. The van der Waals surface area contributed by atoms with Gasteiger partial charge in [-0.2, -0.15) is 0 Å². The Bertz CT molecular complexity index is 1110. The number of nitrogens with one attached hydrogen (secondary N) is 1. The van der Waals surface area contributed by atoms with Crippen LogP contribution in [-0.4, -0.2) is 47.4 Å². The zero-order valence-corrected chi connectivity index (χ0v) is 18.7. The summed E-state index contributed by atoms with van der Waals surface area (Å²) in [6.07, 6.45) is 2.51. The first kappa shape index (κ1) is 21.9. The van der Waals surface area contributed by atoms with Crippen LogP contribution in [0.3, 0.4) is 0 Å². The molecule has 2 aromatic carbocycles. The minimum Gasteiger partial charge on any atom is -0.507 e. The van der Waals surface area contributed by atoms with Crippen molar-refractivity contribution in [1.29, 1.82) is 0 Å². The molecule has 1 amide bonds. The van der Waals surface area contributed by atoms with E-state index in [1.54, 1.807) is 12.1 Å². The number of piperidine rings is 1. The summed E-state index contributed by atoms with van der Waals surface area (Å²) in [6.45, 7) is 6.70. The molecule has 1 aliphatic rings. The summed E-state index contributed by atoms with van der Waals surface area (Å²) >= 11 is 0. The van der Waals surface area contributed by atoms with Crippen LogP contribution in [0.4, 0.5) is 10.6 Å². The molecule has 0 spiro atoms. The van der Waals surface area contributed by atoms with Crippen molar-refractivity contribution in [2.24, 2.45) is 5.92 Å². The third kappa shape index (κ3) is 4.93. The van der Waals surface area contributed by atoms with Gasteiger partial charge in [-0.1, -0.05) is 25.1 Å². The van der Waals surface area contributed by atoms with Gasteiger partial charge in [0.15, 0.2) is 5.82 Å². The zero-order valence-electron chi connectivity index (χ0n) is 18.7. The van der Waals surface area contributed by atoms with E-state index in [1.807, 2.05) is 26.0 Å². The molecule has 2 N–H and O–H groups in total. The van der Waals surface area contributed by atoms with Gasteiger partial charge in [0.25, 0.3) is 0 Å². The van der Waals surface area contributed by atoms with Crippen LogP contribution >= 0.6 is 0 Å². The summed E-state index contributed by atoms with van der Waals surface area (Å²) < 4.78 is 5.13. The molecular weight excluding hydrogens is 404 g/mol. The van der Waals surface area contributed by atoms with Gasteiger partial charge >= 0.3 is 6.09 Å². The Morgan fingerprint density at radius 1 is 1.28 bits per heavy atom. The van der Waals surface area contributed by atoms with Gasteiger partial charge in [-0.25, -0.2) is 14.8 Å². The second kappa shape index (κ2) is 9.85. The second-order valence-electron chi connectivity index (χ2n) is 8.38. The molecule has 0 unspecified atom stereocenters. The van der Waals surface area contributed by atoms with Gasteiger partial charge in [0.05, 0.1) is 17.7 Å². The van der Waals surface area contributed by atoms with E-state index in [0.29, 0.717) is 30.5 Å². The summed E-state index contributed by atoms with van der Waals surface area (Å²) in [5.41, 5.74) is 2.60. The quantitative estimate of drug-likeness (QED) is 0.553. The van der Waals surface area contributed by atoms with Crippen molar-refractivity contribution < 1.29 is 17.5 Å². The predicted octanol–water partition coefficient (Wildman–Crippen LogP) is 5.16. The van der Waals surface area contributed by atoms with Crippen LogP contribution < -0.4 is 10.2 Å². The molecule has 32 heavy (non-hydrogen) atoms. The standard InChI is InChI=1S/C25H30N4O3.2H2/c1-3-13-32-25(31)26-15-18-7-6-12-29(16-18)24-19-11-10-17(2)14-21(19)27-23(28-24)20-8-4-5-9-22(20)30;;/h4-5,8-11,14,18,30H,3,6-7,12-13,15-16H2,1-2H3,(H,26,31);2*1H/t18-;;/m0../s1. The fourth-order valence-electron chi connectivity index (χ4n) is 4.14. The number of nitrogens with zero attached hydrogens (tertiary/aromatic N) is 3. The molecule has 1 aromatic heterocycles. The highest BCUT2D eigenvalue weighted by atomic mass is 16.5. The van der Waals surface area contributed by atoms with Gasteiger partial charge in [-0.05, 0) is 61.9 Å². The molecule has 1 atom stereocenters. The summed E-state index contributed by atoms with van der Waals surface area (Å²) in [5, 5.41) is 14.3. The van der Waals surface area contributed by atoms with Gasteiger partial charge in [-0.15, -0.1) is 0 Å². The van der Waals surface area contributed by atoms with E-state index in [0.717, 1.165) is 54.6 Å². The van der Waals surface area contributed by atoms with Gasteiger partial charge in [-0.3, -0.25) is 0 Å². The lowest BCUT2D eigenvalue weighted by molar-refractivity contribution is 0.144. The lowest BCUT2D eigenvalue weighted by Gasteiger charge is -2.34. The first-order valence-electron chi connectivity index (χ1n) is 11.3. The maximum Gasteiger partial charge on any atom is 0.407 e.